The number of anilines is 2. The number of aromatic amines is 1. The van der Waals surface area contributed by atoms with E-state index in [1.165, 1.54) is 25.1 Å². The number of piperidine rings is 1. The fraction of sp³-hybridized carbons (Fsp3) is 0.310. The zero-order chi connectivity index (χ0) is 27.8. The number of likely N-dealkylation sites (N-methyl/N-ethyl adjacent to an activating group) is 1. The lowest BCUT2D eigenvalue weighted by Crippen LogP contribution is -2.42. The number of nitrogens with one attached hydrogen (secondary N) is 3. The molecule has 0 saturated carbocycles. The molecule has 204 valence electrons. The highest BCUT2D eigenvalue weighted by Gasteiger charge is 2.23. The van der Waals surface area contributed by atoms with E-state index in [0.29, 0.717) is 46.2 Å². The molecule has 10 nitrogen and oxygen atoms in total. The van der Waals surface area contributed by atoms with E-state index >= 15 is 0 Å². The number of nitrogens with two attached hydrogens (primary N) is 1. The van der Waals surface area contributed by atoms with Gasteiger partial charge in [0.2, 0.25) is 5.91 Å². The maximum absolute atomic E-state index is 12.7. The number of carbonyl (C=O) groups excluding carboxylic acids is 1. The molecule has 5 N–H and O–H groups in total. The van der Waals surface area contributed by atoms with Crippen LogP contribution in [0.4, 0.5) is 11.5 Å². The monoisotopic (exact) mass is 529 g/mol. The summed E-state index contributed by atoms with van der Waals surface area (Å²) in [4.78, 5) is 38.4. The fourth-order valence-electron chi connectivity index (χ4n) is 4.55. The van der Waals surface area contributed by atoms with Gasteiger partial charge in [0.15, 0.2) is 0 Å². The van der Waals surface area contributed by atoms with Crippen LogP contribution in [0.5, 0.6) is 0 Å². The fourth-order valence-corrected chi connectivity index (χ4v) is 4.55. The van der Waals surface area contributed by atoms with Gasteiger partial charge in [-0.2, -0.15) is 0 Å². The predicted molar refractivity (Wildman–Crippen MR) is 156 cm³/mol. The molecule has 2 aromatic heterocycles. The van der Waals surface area contributed by atoms with Crippen LogP contribution in [0.1, 0.15) is 36.9 Å². The molecule has 1 fully saturated rings. The number of ether oxygens (including phenoxy) is 1. The van der Waals surface area contributed by atoms with Gasteiger partial charge in [-0.25, -0.2) is 4.98 Å². The molecule has 0 unspecified atom stereocenters. The highest BCUT2D eigenvalue weighted by Crippen LogP contribution is 2.30. The number of carbonyl (C=O) groups is 1. The number of hydrogen-bond acceptors (Lipinski definition) is 8. The number of rotatable bonds is 10. The molecule has 3 aromatic rings. The van der Waals surface area contributed by atoms with E-state index in [4.69, 9.17) is 10.5 Å². The molecule has 1 aliphatic rings. The Labute approximate surface area is 227 Å². The Balaban J connectivity index is 1.51. The van der Waals surface area contributed by atoms with Gasteiger partial charge in [0, 0.05) is 25.0 Å². The van der Waals surface area contributed by atoms with Gasteiger partial charge in [-0.05, 0) is 60.5 Å². The summed E-state index contributed by atoms with van der Waals surface area (Å²) in [6.45, 7) is 8.39. The van der Waals surface area contributed by atoms with Crippen LogP contribution in [0.2, 0.25) is 0 Å². The second-order valence-electron chi connectivity index (χ2n) is 9.34. The van der Waals surface area contributed by atoms with Gasteiger partial charge in [0.1, 0.15) is 11.6 Å². The average molecular weight is 530 g/mol. The summed E-state index contributed by atoms with van der Waals surface area (Å²) in [5.41, 5.74) is 8.81. The Hall–Kier alpha value is -4.44. The van der Waals surface area contributed by atoms with Gasteiger partial charge in [0.25, 0.3) is 5.56 Å². The first kappa shape index (κ1) is 27.6. The third kappa shape index (κ3) is 6.91. The summed E-state index contributed by atoms with van der Waals surface area (Å²) in [5.74, 6) is 1.35. The second kappa shape index (κ2) is 12.9. The van der Waals surface area contributed by atoms with Crippen molar-refractivity contribution >= 4 is 40.1 Å². The first-order valence-corrected chi connectivity index (χ1v) is 13.0. The summed E-state index contributed by atoms with van der Waals surface area (Å²) in [5, 5.41) is 7.53. The maximum atomic E-state index is 12.7. The number of aliphatic imine (C=N–C) groups is 1. The normalized spacial score (nSPS) is 14.6. The number of pyridine rings is 2. The van der Waals surface area contributed by atoms with Crippen LogP contribution < -0.4 is 21.9 Å². The number of hydrogen-bond donors (Lipinski definition) is 4. The molecule has 39 heavy (non-hydrogen) atoms. The minimum Gasteiger partial charge on any atom is -0.496 e. The first-order valence-electron chi connectivity index (χ1n) is 13.0. The minimum absolute atomic E-state index is 0.162. The first-order chi connectivity index (χ1) is 18.9. The maximum Gasteiger partial charge on any atom is 0.259 e. The van der Waals surface area contributed by atoms with Crippen LogP contribution in [-0.2, 0) is 9.53 Å². The number of H-pyrrole nitrogens is 1. The topological polar surface area (TPSA) is 138 Å². The third-order valence-electron chi connectivity index (χ3n) is 6.76. The van der Waals surface area contributed by atoms with Crippen molar-refractivity contribution in [1.82, 2.24) is 20.2 Å². The van der Waals surface area contributed by atoms with Crippen LogP contribution in [0, 0.1) is 0 Å². The van der Waals surface area contributed by atoms with E-state index in [9.17, 15) is 9.59 Å². The highest BCUT2D eigenvalue weighted by atomic mass is 16.5. The number of nitrogens with zero attached hydrogens (tertiary/aromatic N) is 3. The Morgan fingerprint density at radius 3 is 2.72 bits per heavy atom. The number of fused-ring (bicyclic) bond motifs is 1. The quantitative estimate of drug-likeness (QED) is 0.233. The van der Waals surface area contributed by atoms with Gasteiger partial charge in [-0.1, -0.05) is 25.6 Å². The summed E-state index contributed by atoms with van der Waals surface area (Å²) in [6.07, 6.45) is 6.36. The van der Waals surface area contributed by atoms with Crippen molar-refractivity contribution in [3.63, 3.8) is 0 Å². The molecule has 0 atom stereocenters. The van der Waals surface area contributed by atoms with E-state index in [1.807, 2.05) is 24.0 Å². The highest BCUT2D eigenvalue weighted by molar-refractivity contribution is 5.94. The van der Waals surface area contributed by atoms with Gasteiger partial charge in [0.05, 0.1) is 42.8 Å². The smallest absolute Gasteiger partial charge is 0.259 e. The van der Waals surface area contributed by atoms with Gasteiger partial charge < -0.3 is 31.0 Å². The minimum atomic E-state index is -0.252. The summed E-state index contributed by atoms with van der Waals surface area (Å²) < 4.78 is 4.97. The van der Waals surface area contributed by atoms with Crippen molar-refractivity contribution in [2.24, 2.45) is 10.7 Å². The molecule has 1 saturated heterocycles. The van der Waals surface area contributed by atoms with Crippen molar-refractivity contribution in [3.05, 3.63) is 82.7 Å². The Kier molecular flexibility index (Phi) is 9.11. The predicted octanol–water partition coefficient (Wildman–Crippen LogP) is 3.47. The zero-order valence-electron chi connectivity index (χ0n) is 22.4. The van der Waals surface area contributed by atoms with E-state index in [0.717, 1.165) is 38.2 Å². The van der Waals surface area contributed by atoms with E-state index in [-0.39, 0.29) is 11.5 Å². The molecule has 3 heterocycles. The molecule has 1 aromatic carbocycles. The Bertz CT molecular complexity index is 1440. The summed E-state index contributed by atoms with van der Waals surface area (Å²) in [6, 6.07) is 11.7. The van der Waals surface area contributed by atoms with Crippen LogP contribution in [0.25, 0.3) is 16.5 Å². The number of amides is 1. The lowest BCUT2D eigenvalue weighted by Gasteiger charge is -2.32. The molecule has 1 aliphatic heterocycles. The lowest BCUT2D eigenvalue weighted by molar-refractivity contribution is -0.131. The Morgan fingerprint density at radius 1 is 1.28 bits per heavy atom. The van der Waals surface area contributed by atoms with E-state index < -0.39 is 0 Å². The van der Waals surface area contributed by atoms with Crippen molar-refractivity contribution < 1.29 is 9.53 Å². The van der Waals surface area contributed by atoms with Gasteiger partial charge in [-0.15, -0.1) is 0 Å². The van der Waals surface area contributed by atoms with E-state index in [2.05, 4.69) is 44.3 Å². The number of benzene rings is 1. The van der Waals surface area contributed by atoms with Crippen LogP contribution in [0.15, 0.2) is 70.9 Å². The van der Waals surface area contributed by atoms with Crippen molar-refractivity contribution in [3.8, 4) is 0 Å². The molecule has 10 heteroatoms. The van der Waals surface area contributed by atoms with Crippen molar-refractivity contribution in [2.75, 3.05) is 38.6 Å². The number of aromatic nitrogens is 2. The molecule has 0 aliphatic carbocycles. The van der Waals surface area contributed by atoms with Crippen molar-refractivity contribution in [1.29, 1.82) is 0 Å². The largest absolute Gasteiger partial charge is 0.496 e. The molecule has 4 rings (SSSR count). The SMILES string of the molecule is C=C(C=N/C=C(\N)c1cc2cc[nH]c(=O)c2c(Nc2ccc(C3CCN(C(=O)CNCC)CC3)cc2)n1)OC. The summed E-state index contributed by atoms with van der Waals surface area (Å²) >= 11 is 0. The molecule has 0 spiro atoms. The van der Waals surface area contributed by atoms with Crippen molar-refractivity contribution in [2.45, 2.75) is 25.7 Å². The van der Waals surface area contributed by atoms with E-state index in [1.54, 1.807) is 18.3 Å². The second-order valence-corrected chi connectivity index (χ2v) is 9.34. The van der Waals surface area contributed by atoms with Crippen LogP contribution in [-0.4, -0.2) is 60.3 Å². The average Bonchev–Trinajstić information content (AvgIpc) is 2.96. The lowest BCUT2D eigenvalue weighted by atomic mass is 9.89. The third-order valence-corrected chi connectivity index (χ3v) is 6.76. The zero-order valence-corrected chi connectivity index (χ0v) is 22.4. The Morgan fingerprint density at radius 2 is 2.03 bits per heavy atom. The molecular weight excluding hydrogens is 494 g/mol. The molecular formula is C29H35N7O3. The summed E-state index contributed by atoms with van der Waals surface area (Å²) in [7, 11) is 1.51. The van der Waals surface area contributed by atoms with Gasteiger partial charge in [-0.3, -0.25) is 14.6 Å². The standard InChI is InChI=1S/C29H35N7O3/c1-4-31-18-26(37)36-13-10-21(11-14-36)20-5-7-23(8-6-20)34-28-27-22(9-12-33-29(27)38)15-25(35-28)24(30)17-32-16-19(2)39-3/h5-9,12,15-17,21,31H,2,4,10-11,13-14,18,30H2,1,3H3,(H,33,38)(H,34,35)/b24-17-,32-16?. The number of methoxy groups -OCH3 is 1. The molecule has 0 bridgehead atoms. The van der Waals surface area contributed by atoms with Crippen LogP contribution in [0.3, 0.4) is 0 Å². The number of likely N-dealkylation sites (tertiary alicyclic amines) is 1. The van der Waals surface area contributed by atoms with Gasteiger partial charge >= 0.3 is 0 Å². The van der Waals surface area contributed by atoms with Crippen LogP contribution >= 0.6 is 0 Å². The number of allylic oxidation sites excluding steroid dienone is 1. The molecule has 0 radical (unpaired) electrons. The molecule has 1 amide bonds.